The molecule has 1 aromatic heterocycles. The van der Waals surface area contributed by atoms with E-state index in [2.05, 4.69) is 9.97 Å². The molecule has 2 aliphatic rings. The van der Waals surface area contributed by atoms with Crippen LogP contribution >= 0.6 is 11.6 Å². The van der Waals surface area contributed by atoms with E-state index in [1.165, 1.54) is 17.2 Å². The summed E-state index contributed by atoms with van der Waals surface area (Å²) in [6, 6.07) is 1.52. The average molecular weight is 339 g/mol. The van der Waals surface area contributed by atoms with Crippen molar-refractivity contribution in [1.82, 2.24) is 9.97 Å². The Morgan fingerprint density at radius 1 is 1.30 bits per heavy atom. The quantitative estimate of drug-likeness (QED) is 0.590. The SMILES string of the molecule is CC1(N)CCN(c2nccc(Cl)n2)C2(C1)OC(=O)C=CC(=O)O2. The van der Waals surface area contributed by atoms with Crippen molar-refractivity contribution in [3.8, 4) is 0 Å². The Kier molecular flexibility index (Phi) is 3.73. The van der Waals surface area contributed by atoms with Gasteiger partial charge in [-0.25, -0.2) is 19.6 Å². The van der Waals surface area contributed by atoms with Gasteiger partial charge >= 0.3 is 17.8 Å². The van der Waals surface area contributed by atoms with Crippen LogP contribution in [0.2, 0.25) is 5.15 Å². The monoisotopic (exact) mass is 338 g/mol. The van der Waals surface area contributed by atoms with Crippen molar-refractivity contribution in [2.45, 2.75) is 31.2 Å². The van der Waals surface area contributed by atoms with Gasteiger partial charge in [0, 0.05) is 30.4 Å². The number of esters is 2. The van der Waals surface area contributed by atoms with Crippen LogP contribution in [0.5, 0.6) is 0 Å². The normalized spacial score (nSPS) is 26.7. The summed E-state index contributed by atoms with van der Waals surface area (Å²) in [5.41, 5.74) is 5.50. The third-order valence-electron chi connectivity index (χ3n) is 3.67. The highest BCUT2D eigenvalue weighted by Crippen LogP contribution is 2.38. The lowest BCUT2D eigenvalue weighted by atomic mass is 9.88. The zero-order valence-electron chi connectivity index (χ0n) is 12.4. The van der Waals surface area contributed by atoms with Gasteiger partial charge in [0.15, 0.2) is 0 Å². The van der Waals surface area contributed by atoms with Crippen LogP contribution in [0.1, 0.15) is 19.8 Å². The fourth-order valence-corrected chi connectivity index (χ4v) is 2.79. The van der Waals surface area contributed by atoms with Crippen LogP contribution in [-0.2, 0) is 19.1 Å². The lowest BCUT2D eigenvalue weighted by Crippen LogP contribution is -2.65. The fraction of sp³-hybridized carbons (Fsp3) is 0.429. The zero-order valence-corrected chi connectivity index (χ0v) is 13.1. The molecular formula is C14H15ClN4O4. The van der Waals surface area contributed by atoms with Crippen LogP contribution in [-0.4, -0.2) is 39.9 Å². The number of aromatic nitrogens is 2. The number of halogens is 1. The summed E-state index contributed by atoms with van der Waals surface area (Å²) in [7, 11) is 0. The summed E-state index contributed by atoms with van der Waals surface area (Å²) in [4.78, 5) is 33.5. The summed E-state index contributed by atoms with van der Waals surface area (Å²) in [5.74, 6) is -2.93. The second-order valence-electron chi connectivity index (χ2n) is 5.80. The molecule has 3 heterocycles. The van der Waals surface area contributed by atoms with Crippen LogP contribution in [0.25, 0.3) is 0 Å². The molecule has 9 heteroatoms. The molecule has 0 saturated carbocycles. The molecule has 0 radical (unpaired) electrons. The number of carbonyl (C=O) groups excluding carboxylic acids is 2. The number of carbonyl (C=O) groups is 2. The van der Waals surface area contributed by atoms with E-state index < -0.39 is 23.4 Å². The summed E-state index contributed by atoms with van der Waals surface area (Å²) in [5, 5.41) is 0.218. The van der Waals surface area contributed by atoms with Crippen LogP contribution < -0.4 is 10.6 Å². The predicted octanol–water partition coefficient (Wildman–Crippen LogP) is 0.758. The van der Waals surface area contributed by atoms with Gasteiger partial charge in [-0.1, -0.05) is 11.6 Å². The Morgan fingerprint density at radius 2 is 1.96 bits per heavy atom. The average Bonchev–Trinajstić information content (AvgIpc) is 2.56. The predicted molar refractivity (Wildman–Crippen MR) is 80.3 cm³/mol. The number of hydrogen-bond donors (Lipinski definition) is 1. The van der Waals surface area contributed by atoms with E-state index >= 15 is 0 Å². The first-order valence-corrected chi connectivity index (χ1v) is 7.37. The molecule has 1 spiro atoms. The minimum Gasteiger partial charge on any atom is -0.400 e. The van der Waals surface area contributed by atoms with Gasteiger partial charge in [0.05, 0.1) is 6.42 Å². The van der Waals surface area contributed by atoms with E-state index in [9.17, 15) is 9.59 Å². The van der Waals surface area contributed by atoms with E-state index in [1.807, 2.05) is 0 Å². The molecule has 122 valence electrons. The molecule has 1 aromatic rings. The van der Waals surface area contributed by atoms with Gasteiger partial charge < -0.3 is 15.2 Å². The number of rotatable bonds is 1. The van der Waals surface area contributed by atoms with Crippen LogP contribution in [0.3, 0.4) is 0 Å². The Hall–Kier alpha value is -2.19. The maximum atomic E-state index is 11.9. The molecule has 23 heavy (non-hydrogen) atoms. The highest BCUT2D eigenvalue weighted by molar-refractivity contribution is 6.29. The maximum Gasteiger partial charge on any atom is 0.347 e. The summed E-state index contributed by atoms with van der Waals surface area (Å²) < 4.78 is 10.8. The number of nitrogens with zero attached hydrogens (tertiary/aromatic N) is 3. The molecular weight excluding hydrogens is 324 g/mol. The fourth-order valence-electron chi connectivity index (χ4n) is 2.66. The minimum atomic E-state index is -1.70. The molecule has 1 atom stereocenters. The second-order valence-corrected chi connectivity index (χ2v) is 6.19. The van der Waals surface area contributed by atoms with E-state index in [1.54, 1.807) is 6.92 Å². The first kappa shape index (κ1) is 15.7. The lowest BCUT2D eigenvalue weighted by molar-refractivity contribution is -0.232. The van der Waals surface area contributed by atoms with Gasteiger partial charge in [0.25, 0.3) is 0 Å². The van der Waals surface area contributed by atoms with Gasteiger partial charge in [-0.3, -0.25) is 4.90 Å². The topological polar surface area (TPSA) is 108 Å². The van der Waals surface area contributed by atoms with E-state index in [-0.39, 0.29) is 17.5 Å². The Morgan fingerprint density at radius 3 is 2.57 bits per heavy atom. The largest absolute Gasteiger partial charge is 0.400 e. The molecule has 2 N–H and O–H groups in total. The van der Waals surface area contributed by atoms with Crippen molar-refractivity contribution in [3.63, 3.8) is 0 Å². The number of anilines is 1. The molecule has 0 aromatic carbocycles. The number of piperidine rings is 1. The maximum absolute atomic E-state index is 11.9. The van der Waals surface area contributed by atoms with Crippen LogP contribution in [0, 0.1) is 0 Å². The van der Waals surface area contributed by atoms with Crippen LogP contribution in [0.4, 0.5) is 5.95 Å². The van der Waals surface area contributed by atoms with Crippen molar-refractivity contribution in [2.75, 3.05) is 11.4 Å². The first-order chi connectivity index (χ1) is 10.8. The molecule has 0 bridgehead atoms. The van der Waals surface area contributed by atoms with Crippen molar-refractivity contribution < 1.29 is 19.1 Å². The Bertz CT molecular complexity index is 671. The second kappa shape index (κ2) is 5.47. The Labute approximate surface area is 137 Å². The summed E-state index contributed by atoms with van der Waals surface area (Å²) in [6.07, 6.45) is 4.13. The zero-order chi connectivity index (χ0) is 16.7. The minimum absolute atomic E-state index is 0.0784. The van der Waals surface area contributed by atoms with Gasteiger partial charge in [-0.2, -0.15) is 0 Å². The molecule has 1 saturated heterocycles. The van der Waals surface area contributed by atoms with Gasteiger partial charge in [-0.15, -0.1) is 0 Å². The van der Waals surface area contributed by atoms with Crippen molar-refractivity contribution in [2.24, 2.45) is 5.73 Å². The van der Waals surface area contributed by atoms with Crippen molar-refractivity contribution in [3.05, 3.63) is 29.6 Å². The standard InChI is InChI=1S/C14H15ClN4O4/c1-13(16)5-7-19(12-17-6-4-9(15)18-12)14(8-13)22-10(20)2-3-11(21)23-14/h2-4,6H,5,7-8,16H2,1H3. The molecule has 8 nitrogen and oxygen atoms in total. The summed E-state index contributed by atoms with van der Waals surface area (Å²) >= 11 is 5.91. The molecule has 0 amide bonds. The van der Waals surface area contributed by atoms with Gasteiger partial charge in [-0.05, 0) is 19.4 Å². The van der Waals surface area contributed by atoms with Crippen molar-refractivity contribution in [1.29, 1.82) is 0 Å². The molecule has 2 aliphatic heterocycles. The summed E-state index contributed by atoms with van der Waals surface area (Å²) in [6.45, 7) is 2.12. The lowest BCUT2D eigenvalue weighted by Gasteiger charge is -2.48. The molecule has 1 fully saturated rings. The van der Waals surface area contributed by atoms with E-state index in [0.29, 0.717) is 13.0 Å². The van der Waals surface area contributed by atoms with E-state index in [4.69, 9.17) is 26.8 Å². The molecule has 0 aliphatic carbocycles. The molecule has 1 unspecified atom stereocenters. The third-order valence-corrected chi connectivity index (χ3v) is 3.88. The number of hydrogen-bond acceptors (Lipinski definition) is 8. The smallest absolute Gasteiger partial charge is 0.347 e. The van der Waals surface area contributed by atoms with Crippen LogP contribution in [0.15, 0.2) is 24.4 Å². The Balaban J connectivity index is 2.06. The van der Waals surface area contributed by atoms with Gasteiger partial charge in [0.1, 0.15) is 5.15 Å². The number of nitrogens with two attached hydrogens (primary N) is 1. The third kappa shape index (κ3) is 3.13. The highest BCUT2D eigenvalue weighted by Gasteiger charge is 2.54. The first-order valence-electron chi connectivity index (χ1n) is 6.99. The molecule has 3 rings (SSSR count). The van der Waals surface area contributed by atoms with Gasteiger partial charge in [0.2, 0.25) is 5.95 Å². The highest BCUT2D eigenvalue weighted by atomic mass is 35.5. The van der Waals surface area contributed by atoms with E-state index in [0.717, 1.165) is 12.2 Å². The van der Waals surface area contributed by atoms with Crippen molar-refractivity contribution >= 4 is 29.5 Å². The number of ether oxygens (including phenoxy) is 2.